The lowest BCUT2D eigenvalue weighted by atomic mass is 10.1. The summed E-state index contributed by atoms with van der Waals surface area (Å²) in [6.45, 7) is 13.5. The van der Waals surface area contributed by atoms with Crippen LogP contribution in [0.25, 0.3) is 11.3 Å². The van der Waals surface area contributed by atoms with Crippen molar-refractivity contribution in [1.82, 2.24) is 4.98 Å². The molecule has 0 saturated heterocycles. The SMILES string of the molecule is C=C.C=C(CC)Nc1nc(-c2ccccc2)c(C(=O)N=C(C)N)s1. The van der Waals surface area contributed by atoms with Crippen molar-refractivity contribution in [2.45, 2.75) is 20.3 Å². The van der Waals surface area contributed by atoms with Gasteiger partial charge in [-0.05, 0) is 13.3 Å². The minimum Gasteiger partial charge on any atom is -0.387 e. The highest BCUT2D eigenvalue weighted by atomic mass is 32.1. The van der Waals surface area contributed by atoms with Gasteiger partial charge in [0, 0.05) is 11.3 Å². The van der Waals surface area contributed by atoms with Gasteiger partial charge in [-0.3, -0.25) is 4.79 Å². The number of anilines is 1. The number of amides is 1. The van der Waals surface area contributed by atoms with Gasteiger partial charge in [-0.15, -0.1) is 13.2 Å². The summed E-state index contributed by atoms with van der Waals surface area (Å²) >= 11 is 1.25. The molecule has 0 atom stereocenters. The molecule has 0 aliphatic heterocycles. The van der Waals surface area contributed by atoms with Gasteiger partial charge in [-0.2, -0.15) is 4.99 Å². The fourth-order valence-electron chi connectivity index (χ4n) is 1.76. The van der Waals surface area contributed by atoms with Crippen LogP contribution in [0.1, 0.15) is 29.9 Å². The Balaban J connectivity index is 0.00000139. The standard InChI is InChI=1S/C16H18N4OS.C2H4/c1-4-10(2)18-16-20-13(12-8-6-5-7-9-12)14(22-16)15(21)19-11(3)17;1-2/h5-9H,2,4H2,1,3H3,(H,18,20)(H2,17,19,21);1-2H2. The number of thiazole rings is 1. The molecule has 0 unspecified atom stereocenters. The molecule has 0 fully saturated rings. The van der Waals surface area contributed by atoms with Crippen molar-refractivity contribution in [2.75, 3.05) is 5.32 Å². The summed E-state index contributed by atoms with van der Waals surface area (Å²) < 4.78 is 0. The van der Waals surface area contributed by atoms with Crippen LogP contribution in [-0.2, 0) is 0 Å². The molecule has 3 N–H and O–H groups in total. The summed E-state index contributed by atoms with van der Waals surface area (Å²) in [7, 11) is 0. The number of hydrogen-bond acceptors (Lipinski definition) is 4. The molecule has 1 amide bonds. The molecule has 1 heterocycles. The average molecular weight is 342 g/mol. The minimum absolute atomic E-state index is 0.227. The Bertz CT molecular complexity index is 731. The number of nitrogens with two attached hydrogens (primary N) is 1. The van der Waals surface area contributed by atoms with Crippen LogP contribution in [0.5, 0.6) is 0 Å². The van der Waals surface area contributed by atoms with Crippen molar-refractivity contribution in [3.8, 4) is 11.3 Å². The third kappa shape index (κ3) is 5.17. The number of benzene rings is 1. The normalized spacial score (nSPS) is 10.5. The second-order valence-electron chi connectivity index (χ2n) is 4.70. The molecular weight excluding hydrogens is 320 g/mol. The lowest BCUT2D eigenvalue weighted by molar-refractivity contribution is 0.101. The smallest absolute Gasteiger partial charge is 0.291 e. The first kappa shape index (κ1) is 19.3. The predicted molar refractivity (Wildman–Crippen MR) is 103 cm³/mol. The Morgan fingerprint density at radius 1 is 1.33 bits per heavy atom. The number of allylic oxidation sites excluding steroid dienone is 1. The minimum atomic E-state index is -0.383. The number of rotatable bonds is 5. The Morgan fingerprint density at radius 3 is 2.50 bits per heavy atom. The molecule has 2 rings (SSSR count). The maximum atomic E-state index is 12.3. The van der Waals surface area contributed by atoms with Crippen LogP contribution in [-0.4, -0.2) is 16.7 Å². The fourth-order valence-corrected chi connectivity index (χ4v) is 2.68. The van der Waals surface area contributed by atoms with E-state index in [1.165, 1.54) is 11.3 Å². The molecule has 0 spiro atoms. The van der Waals surface area contributed by atoms with Crippen LogP contribution >= 0.6 is 11.3 Å². The third-order valence-corrected chi connectivity index (χ3v) is 3.82. The number of aromatic nitrogens is 1. The van der Waals surface area contributed by atoms with E-state index in [1.807, 2.05) is 37.3 Å². The monoisotopic (exact) mass is 342 g/mol. The van der Waals surface area contributed by atoms with E-state index in [9.17, 15) is 4.79 Å². The van der Waals surface area contributed by atoms with Crippen LogP contribution in [0, 0.1) is 0 Å². The molecule has 0 bridgehead atoms. The number of carbonyl (C=O) groups is 1. The van der Waals surface area contributed by atoms with Gasteiger partial charge >= 0.3 is 0 Å². The molecule has 0 aliphatic rings. The van der Waals surface area contributed by atoms with E-state index >= 15 is 0 Å². The third-order valence-electron chi connectivity index (χ3n) is 2.86. The zero-order valence-electron chi connectivity index (χ0n) is 14.0. The molecule has 1 aromatic heterocycles. The summed E-state index contributed by atoms with van der Waals surface area (Å²) in [5.41, 5.74) is 7.82. The van der Waals surface area contributed by atoms with E-state index in [0.717, 1.165) is 17.7 Å². The highest BCUT2D eigenvalue weighted by Crippen LogP contribution is 2.32. The molecule has 2 aromatic rings. The fraction of sp³-hybridized carbons (Fsp3) is 0.167. The maximum Gasteiger partial charge on any atom is 0.291 e. The Hall–Kier alpha value is -2.73. The predicted octanol–water partition coefficient (Wildman–Crippen LogP) is 4.47. The zero-order chi connectivity index (χ0) is 18.1. The van der Waals surface area contributed by atoms with Crippen LogP contribution < -0.4 is 11.1 Å². The summed E-state index contributed by atoms with van der Waals surface area (Å²) in [6.07, 6.45) is 0.781. The number of carbonyl (C=O) groups excluding carboxylic acids is 1. The van der Waals surface area contributed by atoms with Crippen LogP contribution in [0.4, 0.5) is 5.13 Å². The number of aliphatic imine (C=N–C) groups is 1. The topological polar surface area (TPSA) is 80.4 Å². The largest absolute Gasteiger partial charge is 0.387 e. The average Bonchev–Trinajstić information content (AvgIpc) is 3.00. The van der Waals surface area contributed by atoms with Crippen LogP contribution in [0.2, 0.25) is 0 Å². The summed E-state index contributed by atoms with van der Waals surface area (Å²) in [5.74, 6) is -0.156. The zero-order valence-corrected chi connectivity index (χ0v) is 14.8. The van der Waals surface area contributed by atoms with Gasteiger partial charge in [0.2, 0.25) is 0 Å². The molecular formula is C18H22N4OS. The van der Waals surface area contributed by atoms with Crippen molar-refractivity contribution < 1.29 is 4.79 Å². The Morgan fingerprint density at radius 2 is 1.96 bits per heavy atom. The van der Waals surface area contributed by atoms with Gasteiger partial charge in [0.15, 0.2) is 5.13 Å². The van der Waals surface area contributed by atoms with Crippen LogP contribution in [0.15, 0.2) is 60.8 Å². The van der Waals surface area contributed by atoms with E-state index < -0.39 is 0 Å². The first-order valence-corrected chi connectivity index (χ1v) is 8.19. The first-order chi connectivity index (χ1) is 11.5. The van der Waals surface area contributed by atoms with Crippen molar-refractivity contribution >= 4 is 28.2 Å². The number of nitrogens with one attached hydrogen (secondary N) is 1. The van der Waals surface area contributed by atoms with E-state index in [4.69, 9.17) is 5.73 Å². The van der Waals surface area contributed by atoms with Crippen molar-refractivity contribution in [1.29, 1.82) is 0 Å². The van der Waals surface area contributed by atoms with Crippen molar-refractivity contribution in [3.63, 3.8) is 0 Å². The summed E-state index contributed by atoms with van der Waals surface area (Å²) in [4.78, 5) is 21.1. The second-order valence-corrected chi connectivity index (χ2v) is 5.70. The Labute approximate surface area is 146 Å². The summed E-state index contributed by atoms with van der Waals surface area (Å²) in [6, 6.07) is 9.53. The number of nitrogens with zero attached hydrogens (tertiary/aromatic N) is 2. The molecule has 1 aromatic carbocycles. The van der Waals surface area contributed by atoms with E-state index in [1.54, 1.807) is 6.92 Å². The molecule has 126 valence electrons. The molecule has 0 radical (unpaired) electrons. The lowest BCUT2D eigenvalue weighted by Crippen LogP contribution is -2.09. The second kappa shape index (κ2) is 9.42. The van der Waals surface area contributed by atoms with E-state index in [-0.39, 0.29) is 11.7 Å². The molecule has 24 heavy (non-hydrogen) atoms. The number of amidine groups is 1. The maximum absolute atomic E-state index is 12.3. The van der Waals surface area contributed by atoms with Gasteiger partial charge in [0.25, 0.3) is 5.91 Å². The van der Waals surface area contributed by atoms with Gasteiger partial charge in [-0.25, -0.2) is 4.98 Å². The molecule has 6 heteroatoms. The van der Waals surface area contributed by atoms with Crippen LogP contribution in [0.3, 0.4) is 0 Å². The van der Waals surface area contributed by atoms with Gasteiger partial charge in [0.1, 0.15) is 10.7 Å². The highest BCUT2D eigenvalue weighted by molar-refractivity contribution is 7.18. The number of hydrogen-bond donors (Lipinski definition) is 2. The molecule has 5 nitrogen and oxygen atoms in total. The van der Waals surface area contributed by atoms with Gasteiger partial charge in [0.05, 0.1) is 5.69 Å². The van der Waals surface area contributed by atoms with Gasteiger partial charge in [-0.1, -0.05) is 55.2 Å². The van der Waals surface area contributed by atoms with E-state index in [0.29, 0.717) is 15.7 Å². The Kier molecular flexibility index (Phi) is 7.58. The molecule has 0 aliphatic carbocycles. The molecule has 0 saturated carbocycles. The first-order valence-electron chi connectivity index (χ1n) is 7.37. The van der Waals surface area contributed by atoms with E-state index in [2.05, 4.69) is 35.0 Å². The van der Waals surface area contributed by atoms with Crippen molar-refractivity contribution in [2.24, 2.45) is 10.7 Å². The lowest BCUT2D eigenvalue weighted by Gasteiger charge is -2.01. The highest BCUT2D eigenvalue weighted by Gasteiger charge is 2.19. The van der Waals surface area contributed by atoms with Gasteiger partial charge < -0.3 is 11.1 Å². The quantitative estimate of drug-likeness (QED) is 0.477. The summed E-state index contributed by atoms with van der Waals surface area (Å²) in [5, 5.41) is 3.74. The van der Waals surface area contributed by atoms with Crippen molar-refractivity contribution in [3.05, 3.63) is 60.6 Å².